The van der Waals surface area contributed by atoms with Crippen LogP contribution in [0.3, 0.4) is 0 Å². The Morgan fingerprint density at radius 2 is 1.83 bits per heavy atom. The largest absolute Gasteiger partial charge is 0.355 e. The molecule has 1 aromatic heterocycles. The molecule has 0 unspecified atom stereocenters. The number of aromatic nitrogens is 1. The van der Waals surface area contributed by atoms with E-state index in [-0.39, 0.29) is 35.3 Å². The average Bonchev–Trinajstić information content (AvgIpc) is 3.22. The third-order valence-electron chi connectivity index (χ3n) is 4.57. The van der Waals surface area contributed by atoms with E-state index in [9.17, 15) is 4.79 Å². The third-order valence-corrected chi connectivity index (χ3v) is 4.57. The highest BCUT2D eigenvalue weighted by atomic mass is 127. The first-order chi connectivity index (χ1) is 11.1. The molecule has 0 aromatic carbocycles. The number of amides is 1. The van der Waals surface area contributed by atoms with Crippen molar-refractivity contribution < 1.29 is 4.79 Å². The van der Waals surface area contributed by atoms with Crippen LogP contribution >= 0.6 is 24.0 Å². The number of halogens is 1. The van der Waals surface area contributed by atoms with E-state index in [0.29, 0.717) is 6.54 Å². The molecule has 24 heavy (non-hydrogen) atoms. The molecule has 1 aliphatic carbocycles. The maximum absolute atomic E-state index is 12.6. The van der Waals surface area contributed by atoms with Crippen molar-refractivity contribution >= 4 is 35.8 Å². The Bertz CT molecular complexity index is 521. The molecule has 2 N–H and O–H groups in total. The second kappa shape index (κ2) is 9.90. The second-order valence-corrected chi connectivity index (χ2v) is 6.46. The molecule has 1 aliphatic rings. The van der Waals surface area contributed by atoms with Crippen molar-refractivity contribution in [1.29, 1.82) is 0 Å². The van der Waals surface area contributed by atoms with E-state index in [0.717, 1.165) is 44.7 Å². The van der Waals surface area contributed by atoms with Crippen LogP contribution in [0.15, 0.2) is 29.5 Å². The van der Waals surface area contributed by atoms with Crippen molar-refractivity contribution in [2.45, 2.75) is 32.2 Å². The van der Waals surface area contributed by atoms with Crippen LogP contribution in [-0.2, 0) is 11.3 Å². The smallest absolute Gasteiger partial charge is 0.230 e. The molecule has 0 atom stereocenters. The van der Waals surface area contributed by atoms with Crippen molar-refractivity contribution in [2.24, 2.45) is 10.4 Å². The standard InChI is InChI=1S/C17H29N5O.HI/c1-18-16(19-10-13-22-11-6-7-12-22)20-14-17(8-4-5-9-17)15(23)21(2)3;/h6-7,11-12H,4-5,8-10,13-14H2,1-3H3,(H2,18,19,20);1H. The number of guanidine groups is 1. The molecule has 0 aliphatic heterocycles. The molecular formula is C17H30IN5O. The lowest BCUT2D eigenvalue weighted by Crippen LogP contribution is -2.49. The van der Waals surface area contributed by atoms with E-state index < -0.39 is 0 Å². The molecule has 1 heterocycles. The van der Waals surface area contributed by atoms with E-state index >= 15 is 0 Å². The van der Waals surface area contributed by atoms with Crippen LogP contribution in [0.25, 0.3) is 0 Å². The lowest BCUT2D eigenvalue weighted by atomic mass is 9.84. The SMILES string of the molecule is CN=C(NCCn1cccc1)NCC1(C(=O)N(C)C)CCCC1.I. The maximum Gasteiger partial charge on any atom is 0.230 e. The van der Waals surface area contributed by atoms with Crippen LogP contribution in [-0.4, -0.2) is 55.6 Å². The number of nitrogens with zero attached hydrogens (tertiary/aromatic N) is 3. The number of hydrogen-bond donors (Lipinski definition) is 2. The Kier molecular flexibility index (Phi) is 8.58. The fourth-order valence-electron chi connectivity index (χ4n) is 3.29. The summed E-state index contributed by atoms with van der Waals surface area (Å²) in [5.41, 5.74) is -0.276. The molecule has 0 bridgehead atoms. The summed E-state index contributed by atoms with van der Waals surface area (Å²) in [5.74, 6) is 0.986. The van der Waals surface area contributed by atoms with Gasteiger partial charge in [-0.1, -0.05) is 12.8 Å². The van der Waals surface area contributed by atoms with E-state index in [1.165, 1.54) is 0 Å². The second-order valence-electron chi connectivity index (χ2n) is 6.46. The van der Waals surface area contributed by atoms with E-state index in [2.05, 4.69) is 20.2 Å². The molecular weight excluding hydrogens is 417 g/mol. The highest BCUT2D eigenvalue weighted by Crippen LogP contribution is 2.38. The van der Waals surface area contributed by atoms with Crippen LogP contribution in [0.2, 0.25) is 0 Å². The van der Waals surface area contributed by atoms with E-state index in [1.807, 2.05) is 38.6 Å². The number of carbonyl (C=O) groups excluding carboxylic acids is 1. The predicted molar refractivity (Wildman–Crippen MR) is 109 cm³/mol. The molecule has 0 radical (unpaired) electrons. The summed E-state index contributed by atoms with van der Waals surface area (Å²) >= 11 is 0. The summed E-state index contributed by atoms with van der Waals surface area (Å²) in [5, 5.41) is 6.66. The normalized spacial score (nSPS) is 16.4. The molecule has 136 valence electrons. The van der Waals surface area contributed by atoms with Crippen molar-refractivity contribution in [3.05, 3.63) is 24.5 Å². The van der Waals surface area contributed by atoms with Gasteiger partial charge in [0.25, 0.3) is 0 Å². The van der Waals surface area contributed by atoms with Crippen LogP contribution < -0.4 is 10.6 Å². The van der Waals surface area contributed by atoms with Gasteiger partial charge in [0, 0.05) is 53.2 Å². The first-order valence-corrected chi connectivity index (χ1v) is 8.34. The summed E-state index contributed by atoms with van der Waals surface area (Å²) in [6.07, 6.45) is 8.25. The van der Waals surface area contributed by atoms with Crippen molar-refractivity contribution in [1.82, 2.24) is 20.1 Å². The van der Waals surface area contributed by atoms with Gasteiger partial charge >= 0.3 is 0 Å². The van der Waals surface area contributed by atoms with Crippen molar-refractivity contribution in [3.63, 3.8) is 0 Å². The third kappa shape index (κ3) is 5.39. The number of nitrogens with one attached hydrogen (secondary N) is 2. The molecule has 1 saturated carbocycles. The lowest BCUT2D eigenvalue weighted by molar-refractivity contribution is -0.138. The van der Waals surface area contributed by atoms with E-state index in [4.69, 9.17) is 0 Å². The summed E-state index contributed by atoms with van der Waals surface area (Å²) < 4.78 is 2.12. The fourth-order valence-corrected chi connectivity index (χ4v) is 3.29. The molecule has 1 fully saturated rings. The van der Waals surface area contributed by atoms with Gasteiger partial charge in [0.15, 0.2) is 5.96 Å². The van der Waals surface area contributed by atoms with Gasteiger partial charge in [0.2, 0.25) is 5.91 Å². The number of aliphatic imine (C=N–C) groups is 1. The first kappa shape index (κ1) is 20.8. The maximum atomic E-state index is 12.6. The lowest BCUT2D eigenvalue weighted by Gasteiger charge is -2.31. The van der Waals surface area contributed by atoms with Gasteiger partial charge in [-0.15, -0.1) is 24.0 Å². The summed E-state index contributed by atoms with van der Waals surface area (Å²) in [6.45, 7) is 2.33. The molecule has 7 heteroatoms. The zero-order valence-corrected chi connectivity index (χ0v) is 17.2. The quantitative estimate of drug-likeness (QED) is 0.398. The van der Waals surface area contributed by atoms with Crippen molar-refractivity contribution in [3.8, 4) is 0 Å². The zero-order chi connectivity index (χ0) is 16.7. The van der Waals surface area contributed by atoms with Gasteiger partial charge < -0.3 is 20.1 Å². The Labute approximate surface area is 162 Å². The molecule has 0 saturated heterocycles. The van der Waals surface area contributed by atoms with E-state index in [1.54, 1.807) is 11.9 Å². The predicted octanol–water partition coefficient (Wildman–Crippen LogP) is 1.92. The van der Waals surface area contributed by atoms with Crippen LogP contribution in [0.4, 0.5) is 0 Å². The highest BCUT2D eigenvalue weighted by Gasteiger charge is 2.42. The topological polar surface area (TPSA) is 61.7 Å². The fraction of sp³-hybridized carbons (Fsp3) is 0.647. The number of carbonyl (C=O) groups is 1. The summed E-state index contributed by atoms with van der Waals surface area (Å²) in [7, 11) is 5.44. The Morgan fingerprint density at radius 1 is 1.21 bits per heavy atom. The molecule has 1 aromatic rings. The summed E-state index contributed by atoms with van der Waals surface area (Å²) in [6, 6.07) is 4.04. The van der Waals surface area contributed by atoms with Crippen LogP contribution in [0, 0.1) is 5.41 Å². The van der Waals surface area contributed by atoms with Gasteiger partial charge in [-0.3, -0.25) is 9.79 Å². The average molecular weight is 447 g/mol. The van der Waals surface area contributed by atoms with Gasteiger partial charge in [0.1, 0.15) is 0 Å². The Morgan fingerprint density at radius 3 is 2.38 bits per heavy atom. The van der Waals surface area contributed by atoms with Gasteiger partial charge in [-0.05, 0) is 25.0 Å². The molecule has 2 rings (SSSR count). The van der Waals surface area contributed by atoms with Gasteiger partial charge in [0.05, 0.1) is 5.41 Å². The molecule has 6 nitrogen and oxygen atoms in total. The number of hydrogen-bond acceptors (Lipinski definition) is 2. The van der Waals surface area contributed by atoms with Crippen LogP contribution in [0.1, 0.15) is 25.7 Å². The zero-order valence-electron chi connectivity index (χ0n) is 14.9. The summed E-state index contributed by atoms with van der Waals surface area (Å²) in [4.78, 5) is 18.5. The van der Waals surface area contributed by atoms with Gasteiger partial charge in [-0.25, -0.2) is 0 Å². The highest BCUT2D eigenvalue weighted by molar-refractivity contribution is 14.0. The molecule has 1 amide bonds. The van der Waals surface area contributed by atoms with Gasteiger partial charge in [-0.2, -0.15) is 0 Å². The molecule has 0 spiro atoms. The Hall–Kier alpha value is -1.25. The first-order valence-electron chi connectivity index (χ1n) is 8.34. The van der Waals surface area contributed by atoms with Crippen LogP contribution in [0.5, 0.6) is 0 Å². The minimum Gasteiger partial charge on any atom is -0.355 e. The minimum atomic E-state index is -0.276. The monoisotopic (exact) mass is 447 g/mol. The Balaban J connectivity index is 0.00000288. The van der Waals surface area contributed by atoms with Crippen molar-refractivity contribution in [2.75, 3.05) is 34.2 Å². The minimum absolute atomic E-state index is 0. The number of rotatable bonds is 6.